The molecule has 0 aliphatic carbocycles. The third kappa shape index (κ3) is 7.78. The fraction of sp³-hybridized carbons (Fsp3) is 0.474. The number of ether oxygens (including phenoxy) is 3. The van der Waals surface area contributed by atoms with Gasteiger partial charge in [-0.2, -0.15) is 4.90 Å². The first-order valence-electron chi connectivity index (χ1n) is 8.87. The van der Waals surface area contributed by atoms with Gasteiger partial charge >= 0.3 is 24.1 Å². The fourth-order valence-corrected chi connectivity index (χ4v) is 2.32. The maximum atomic E-state index is 12.1. The summed E-state index contributed by atoms with van der Waals surface area (Å²) in [7, 11) is 0. The molecule has 1 unspecified atom stereocenters. The molecule has 0 bridgehead atoms. The zero-order valence-electron chi connectivity index (χ0n) is 17.1. The van der Waals surface area contributed by atoms with Crippen molar-refractivity contribution in [2.45, 2.75) is 46.4 Å². The molecule has 0 aliphatic rings. The lowest BCUT2D eigenvalue weighted by Gasteiger charge is -2.25. The van der Waals surface area contributed by atoms with E-state index in [9.17, 15) is 24.3 Å². The quantitative estimate of drug-likeness (QED) is 0.395. The molecular weight excluding hydrogens is 384 g/mol. The van der Waals surface area contributed by atoms with E-state index < -0.39 is 36.0 Å². The highest BCUT2D eigenvalue weighted by Crippen LogP contribution is 2.28. The fourth-order valence-electron chi connectivity index (χ4n) is 2.32. The number of anilines is 1. The van der Waals surface area contributed by atoms with Gasteiger partial charge in [0.25, 0.3) is 0 Å². The van der Waals surface area contributed by atoms with Crippen molar-refractivity contribution in [2.75, 3.05) is 18.1 Å². The molecule has 2 N–H and O–H groups in total. The molecule has 10 heteroatoms. The maximum absolute atomic E-state index is 12.1. The van der Waals surface area contributed by atoms with E-state index in [2.05, 4.69) is 5.32 Å². The molecule has 160 valence electrons. The van der Waals surface area contributed by atoms with Crippen LogP contribution in [0.15, 0.2) is 24.3 Å². The van der Waals surface area contributed by atoms with E-state index >= 15 is 0 Å². The minimum atomic E-state index is -1.58. The van der Waals surface area contributed by atoms with Gasteiger partial charge < -0.3 is 19.3 Å². The number of amides is 2. The van der Waals surface area contributed by atoms with Crippen molar-refractivity contribution in [3.8, 4) is 0 Å². The summed E-state index contributed by atoms with van der Waals surface area (Å²) in [6, 6.07) is 5.88. The van der Waals surface area contributed by atoms with Crippen LogP contribution in [0.3, 0.4) is 0 Å². The lowest BCUT2D eigenvalue weighted by atomic mass is 10.1. The Bertz CT molecular complexity index is 757. The molecular formula is C19H26N2O8. The number of rotatable bonds is 7. The van der Waals surface area contributed by atoms with Crippen LogP contribution in [0.5, 0.6) is 0 Å². The number of carboxylic acid groups (broad SMARTS) is 1. The van der Waals surface area contributed by atoms with Crippen molar-refractivity contribution in [1.82, 2.24) is 5.32 Å². The molecule has 1 atom stereocenters. The van der Waals surface area contributed by atoms with Gasteiger partial charge in [0, 0.05) is 12.5 Å². The topological polar surface area (TPSA) is 131 Å². The third-order valence-electron chi connectivity index (χ3n) is 3.24. The molecule has 0 radical (unpaired) electrons. The summed E-state index contributed by atoms with van der Waals surface area (Å²) in [5.74, 6) is -1.29. The lowest BCUT2D eigenvalue weighted by Crippen LogP contribution is -2.39. The standard InChI is InChI=1S/C19H26N2O8/c1-6-27-18(26)21(17(24)25)14-10-8-7-9-13(14)16(28-12(2)22)20-11-15(23)29-19(3,4)5/h7-10,16,20H,6,11H2,1-5H3,(H,24,25). The second-order valence-corrected chi connectivity index (χ2v) is 6.83. The van der Waals surface area contributed by atoms with E-state index in [1.54, 1.807) is 26.8 Å². The van der Waals surface area contributed by atoms with Crippen molar-refractivity contribution >= 4 is 29.8 Å². The molecule has 1 rings (SSSR count). The van der Waals surface area contributed by atoms with Gasteiger partial charge in [0.15, 0.2) is 6.23 Å². The van der Waals surface area contributed by atoms with Gasteiger partial charge in [0.1, 0.15) is 5.60 Å². The minimum Gasteiger partial charge on any atom is -0.464 e. The molecule has 0 fully saturated rings. The van der Waals surface area contributed by atoms with Gasteiger partial charge in [0.2, 0.25) is 0 Å². The number of para-hydroxylation sites is 1. The normalized spacial score (nSPS) is 11.9. The maximum Gasteiger partial charge on any atom is 0.424 e. The highest BCUT2D eigenvalue weighted by Gasteiger charge is 2.30. The largest absolute Gasteiger partial charge is 0.464 e. The molecule has 1 aromatic carbocycles. The lowest BCUT2D eigenvalue weighted by molar-refractivity contribution is -0.157. The van der Waals surface area contributed by atoms with Crippen molar-refractivity contribution in [3.63, 3.8) is 0 Å². The first kappa shape index (κ1) is 23.9. The molecule has 0 aromatic heterocycles. The number of benzene rings is 1. The van der Waals surface area contributed by atoms with E-state index in [0.717, 1.165) is 6.92 Å². The highest BCUT2D eigenvalue weighted by atomic mass is 16.6. The van der Waals surface area contributed by atoms with Crippen molar-refractivity contribution in [2.24, 2.45) is 0 Å². The van der Waals surface area contributed by atoms with Gasteiger partial charge in [-0.3, -0.25) is 14.9 Å². The summed E-state index contributed by atoms with van der Waals surface area (Å²) in [5, 5.41) is 12.2. The average Bonchev–Trinajstić information content (AvgIpc) is 2.57. The predicted octanol–water partition coefficient (Wildman–Crippen LogP) is 2.82. The Morgan fingerprint density at radius 2 is 1.79 bits per heavy atom. The van der Waals surface area contributed by atoms with Crippen LogP contribution in [0.4, 0.5) is 15.3 Å². The number of hydrogen-bond donors (Lipinski definition) is 2. The molecule has 0 spiro atoms. The monoisotopic (exact) mass is 410 g/mol. The first-order chi connectivity index (χ1) is 13.5. The van der Waals surface area contributed by atoms with Crippen LogP contribution in [-0.4, -0.2) is 48.0 Å². The zero-order chi connectivity index (χ0) is 22.2. The summed E-state index contributed by atoms with van der Waals surface area (Å²) >= 11 is 0. The summed E-state index contributed by atoms with van der Waals surface area (Å²) < 4.78 is 15.2. The number of carbonyl (C=O) groups is 4. The predicted molar refractivity (Wildman–Crippen MR) is 102 cm³/mol. The zero-order valence-corrected chi connectivity index (χ0v) is 17.1. The SMILES string of the molecule is CCOC(=O)N(C(=O)O)c1ccccc1C(NCC(=O)OC(C)(C)C)OC(C)=O. The van der Waals surface area contributed by atoms with E-state index in [4.69, 9.17) is 14.2 Å². The molecule has 0 aliphatic heterocycles. The van der Waals surface area contributed by atoms with Crippen molar-refractivity contribution in [1.29, 1.82) is 0 Å². The summed E-state index contributed by atoms with van der Waals surface area (Å²) in [5.41, 5.74) is -0.652. The van der Waals surface area contributed by atoms with E-state index in [1.807, 2.05) is 0 Å². The van der Waals surface area contributed by atoms with Crippen LogP contribution >= 0.6 is 0 Å². The second kappa shape index (κ2) is 10.4. The van der Waals surface area contributed by atoms with Gasteiger partial charge in [0.05, 0.1) is 18.8 Å². The van der Waals surface area contributed by atoms with Crippen LogP contribution in [-0.2, 0) is 23.8 Å². The Kier molecular flexibility index (Phi) is 8.58. The first-order valence-corrected chi connectivity index (χ1v) is 8.87. The summed E-state index contributed by atoms with van der Waals surface area (Å²) in [4.78, 5) is 47.7. The Balaban J connectivity index is 3.23. The summed E-state index contributed by atoms with van der Waals surface area (Å²) in [6.45, 7) is 7.44. The van der Waals surface area contributed by atoms with Crippen LogP contribution in [0.25, 0.3) is 0 Å². The number of imide groups is 1. The molecule has 0 heterocycles. The molecule has 0 saturated carbocycles. The number of nitrogens with one attached hydrogen (secondary N) is 1. The Morgan fingerprint density at radius 3 is 2.31 bits per heavy atom. The molecule has 1 aromatic rings. The second-order valence-electron chi connectivity index (χ2n) is 6.83. The molecule has 29 heavy (non-hydrogen) atoms. The molecule has 10 nitrogen and oxygen atoms in total. The van der Waals surface area contributed by atoms with Crippen LogP contribution < -0.4 is 10.2 Å². The van der Waals surface area contributed by atoms with Gasteiger partial charge in [-0.1, -0.05) is 18.2 Å². The Labute approximate surface area is 168 Å². The Morgan fingerprint density at radius 1 is 1.17 bits per heavy atom. The summed E-state index contributed by atoms with van der Waals surface area (Å²) in [6.07, 6.45) is -3.90. The van der Waals surface area contributed by atoms with Gasteiger partial charge in [-0.05, 0) is 33.8 Å². The van der Waals surface area contributed by atoms with Crippen LogP contribution in [0, 0.1) is 0 Å². The highest BCUT2D eigenvalue weighted by molar-refractivity contribution is 6.09. The molecule has 2 amide bonds. The van der Waals surface area contributed by atoms with Crippen LogP contribution in [0.1, 0.15) is 46.4 Å². The van der Waals surface area contributed by atoms with Crippen LogP contribution in [0.2, 0.25) is 0 Å². The van der Waals surface area contributed by atoms with E-state index in [0.29, 0.717) is 4.90 Å². The smallest absolute Gasteiger partial charge is 0.424 e. The number of carbonyl (C=O) groups excluding carboxylic acids is 3. The molecule has 0 saturated heterocycles. The number of nitrogens with zero attached hydrogens (tertiary/aromatic N) is 1. The van der Waals surface area contributed by atoms with E-state index in [1.165, 1.54) is 25.1 Å². The van der Waals surface area contributed by atoms with Gasteiger partial charge in [-0.25, -0.2) is 9.59 Å². The van der Waals surface area contributed by atoms with Gasteiger partial charge in [-0.15, -0.1) is 0 Å². The number of hydrogen-bond acceptors (Lipinski definition) is 8. The average molecular weight is 410 g/mol. The third-order valence-corrected chi connectivity index (χ3v) is 3.24. The van der Waals surface area contributed by atoms with Crippen molar-refractivity contribution in [3.05, 3.63) is 29.8 Å². The Hall–Kier alpha value is -3.14. The number of esters is 2. The minimum absolute atomic E-state index is 0.0327. The van der Waals surface area contributed by atoms with Crippen molar-refractivity contribution < 1.29 is 38.5 Å². The van der Waals surface area contributed by atoms with E-state index in [-0.39, 0.29) is 24.4 Å².